The van der Waals surface area contributed by atoms with E-state index in [0.717, 1.165) is 0 Å². The molecule has 22 heavy (non-hydrogen) atoms. The van der Waals surface area contributed by atoms with Gasteiger partial charge in [-0.2, -0.15) is 5.10 Å². The van der Waals surface area contributed by atoms with Crippen LogP contribution in [-0.4, -0.2) is 50.5 Å². The number of nitrogens with one attached hydrogen (secondary N) is 2. The Morgan fingerprint density at radius 3 is 2.77 bits per heavy atom. The minimum atomic E-state index is -0.893. The summed E-state index contributed by atoms with van der Waals surface area (Å²) in [7, 11) is 2.98. The zero-order valence-corrected chi connectivity index (χ0v) is 12.5. The van der Waals surface area contributed by atoms with Crippen LogP contribution >= 0.6 is 0 Å². The molecule has 0 fully saturated rings. The SMILES string of the molecule is COCCCNC(=O)C(=O)N/N=C/c1cccc(OC)c1O. The number of phenolic OH excluding ortho intramolecular Hbond substituents is 1. The number of carbonyl (C=O) groups excluding carboxylic acids is 2. The van der Waals surface area contributed by atoms with E-state index in [0.29, 0.717) is 25.1 Å². The Bertz CT molecular complexity index is 545. The van der Waals surface area contributed by atoms with Gasteiger partial charge in [0.1, 0.15) is 0 Å². The third kappa shape index (κ3) is 5.41. The van der Waals surface area contributed by atoms with Crippen LogP contribution in [0, 0.1) is 0 Å². The molecule has 8 heteroatoms. The minimum Gasteiger partial charge on any atom is -0.504 e. The number of carbonyl (C=O) groups is 2. The summed E-state index contributed by atoms with van der Waals surface area (Å²) in [5.41, 5.74) is 2.42. The second-order valence-corrected chi connectivity index (χ2v) is 4.20. The quantitative estimate of drug-likeness (QED) is 0.284. The monoisotopic (exact) mass is 309 g/mol. The molecule has 0 spiro atoms. The molecule has 0 atom stereocenters. The summed E-state index contributed by atoms with van der Waals surface area (Å²) in [6.07, 6.45) is 1.82. The van der Waals surface area contributed by atoms with Gasteiger partial charge in [-0.3, -0.25) is 9.59 Å². The number of phenols is 1. The number of amides is 2. The van der Waals surface area contributed by atoms with Crippen molar-refractivity contribution in [2.45, 2.75) is 6.42 Å². The van der Waals surface area contributed by atoms with Gasteiger partial charge in [0.2, 0.25) is 0 Å². The molecule has 0 aromatic heterocycles. The molecule has 0 bridgehead atoms. The van der Waals surface area contributed by atoms with E-state index >= 15 is 0 Å². The number of methoxy groups -OCH3 is 2. The van der Waals surface area contributed by atoms with Crippen molar-refractivity contribution in [3.8, 4) is 11.5 Å². The van der Waals surface area contributed by atoms with Crippen molar-refractivity contribution in [3.63, 3.8) is 0 Å². The Morgan fingerprint density at radius 2 is 2.09 bits per heavy atom. The van der Waals surface area contributed by atoms with Crippen LogP contribution in [0.1, 0.15) is 12.0 Å². The van der Waals surface area contributed by atoms with Crippen molar-refractivity contribution in [1.29, 1.82) is 0 Å². The Balaban J connectivity index is 2.48. The molecule has 1 rings (SSSR count). The highest BCUT2D eigenvalue weighted by Gasteiger charge is 2.11. The number of para-hydroxylation sites is 1. The predicted octanol–water partition coefficient (Wildman–Crippen LogP) is 0.00360. The average molecular weight is 309 g/mol. The van der Waals surface area contributed by atoms with E-state index in [1.54, 1.807) is 25.3 Å². The fourth-order valence-corrected chi connectivity index (χ4v) is 1.52. The average Bonchev–Trinajstić information content (AvgIpc) is 2.52. The minimum absolute atomic E-state index is 0.105. The fourth-order valence-electron chi connectivity index (χ4n) is 1.52. The number of ether oxygens (including phenoxy) is 2. The van der Waals surface area contributed by atoms with Crippen LogP contribution in [0.2, 0.25) is 0 Å². The molecule has 0 heterocycles. The molecule has 0 saturated carbocycles. The number of rotatable bonds is 7. The van der Waals surface area contributed by atoms with E-state index in [1.165, 1.54) is 13.3 Å². The van der Waals surface area contributed by atoms with E-state index in [4.69, 9.17) is 9.47 Å². The molecule has 2 amide bonds. The molecule has 0 aliphatic heterocycles. The van der Waals surface area contributed by atoms with Gasteiger partial charge in [-0.05, 0) is 18.6 Å². The lowest BCUT2D eigenvalue weighted by Gasteiger charge is -2.05. The summed E-state index contributed by atoms with van der Waals surface area (Å²) in [4.78, 5) is 22.9. The van der Waals surface area contributed by atoms with E-state index in [-0.39, 0.29) is 11.5 Å². The van der Waals surface area contributed by atoms with E-state index in [9.17, 15) is 14.7 Å². The Kier molecular flexibility index (Phi) is 7.41. The smallest absolute Gasteiger partial charge is 0.329 e. The third-order valence-electron chi connectivity index (χ3n) is 2.64. The number of nitrogens with zero attached hydrogens (tertiary/aromatic N) is 1. The van der Waals surface area contributed by atoms with Crippen molar-refractivity contribution in [3.05, 3.63) is 23.8 Å². The zero-order chi connectivity index (χ0) is 16.4. The number of hydrogen-bond acceptors (Lipinski definition) is 6. The van der Waals surface area contributed by atoms with Gasteiger partial charge in [0.05, 0.1) is 13.3 Å². The Morgan fingerprint density at radius 1 is 1.32 bits per heavy atom. The third-order valence-corrected chi connectivity index (χ3v) is 2.64. The van der Waals surface area contributed by atoms with Gasteiger partial charge in [-0.1, -0.05) is 6.07 Å². The number of hydrogen-bond donors (Lipinski definition) is 3. The first-order chi connectivity index (χ1) is 10.6. The van der Waals surface area contributed by atoms with Gasteiger partial charge >= 0.3 is 11.8 Å². The first kappa shape index (κ1) is 17.4. The van der Waals surface area contributed by atoms with Crippen LogP contribution < -0.4 is 15.5 Å². The maximum Gasteiger partial charge on any atom is 0.329 e. The van der Waals surface area contributed by atoms with E-state index < -0.39 is 11.8 Å². The van der Waals surface area contributed by atoms with Crippen molar-refractivity contribution in [2.75, 3.05) is 27.4 Å². The highest BCUT2D eigenvalue weighted by molar-refractivity contribution is 6.35. The summed E-state index contributed by atoms with van der Waals surface area (Å²) in [5, 5.41) is 15.8. The lowest BCUT2D eigenvalue weighted by atomic mass is 10.2. The molecule has 0 aliphatic rings. The molecule has 120 valence electrons. The fraction of sp³-hybridized carbons (Fsp3) is 0.357. The Labute approximate surface area is 128 Å². The van der Waals surface area contributed by atoms with Crippen LogP contribution in [0.4, 0.5) is 0 Å². The molecule has 0 radical (unpaired) electrons. The summed E-state index contributed by atoms with van der Waals surface area (Å²) < 4.78 is 9.76. The first-order valence-electron chi connectivity index (χ1n) is 6.56. The lowest BCUT2D eigenvalue weighted by Crippen LogP contribution is -2.38. The standard InChI is InChI=1S/C14H19N3O5/c1-21-8-4-7-15-13(19)14(20)17-16-9-10-5-3-6-11(22-2)12(10)18/h3,5-6,9,18H,4,7-8H2,1-2H3,(H,15,19)(H,17,20)/b16-9+. The summed E-state index contributed by atoms with van der Waals surface area (Å²) in [6, 6.07) is 4.82. The highest BCUT2D eigenvalue weighted by Crippen LogP contribution is 2.27. The van der Waals surface area contributed by atoms with Gasteiger partial charge < -0.3 is 19.9 Å². The topological polar surface area (TPSA) is 109 Å². The normalized spacial score (nSPS) is 10.5. The zero-order valence-electron chi connectivity index (χ0n) is 12.5. The van der Waals surface area contributed by atoms with E-state index in [2.05, 4.69) is 15.8 Å². The van der Waals surface area contributed by atoms with Crippen LogP contribution in [0.5, 0.6) is 11.5 Å². The number of benzene rings is 1. The van der Waals surface area contributed by atoms with Crippen molar-refractivity contribution >= 4 is 18.0 Å². The second-order valence-electron chi connectivity index (χ2n) is 4.20. The van der Waals surface area contributed by atoms with Gasteiger partial charge in [0.15, 0.2) is 11.5 Å². The summed E-state index contributed by atoms with van der Waals surface area (Å²) in [6.45, 7) is 0.829. The molecule has 1 aromatic carbocycles. The van der Waals surface area contributed by atoms with Gasteiger partial charge in [-0.15, -0.1) is 0 Å². The van der Waals surface area contributed by atoms with Gasteiger partial charge in [0, 0.05) is 25.8 Å². The molecule has 0 aliphatic carbocycles. The highest BCUT2D eigenvalue weighted by atomic mass is 16.5. The first-order valence-corrected chi connectivity index (χ1v) is 6.56. The van der Waals surface area contributed by atoms with Crippen LogP contribution in [0.3, 0.4) is 0 Å². The Hall–Kier alpha value is -2.61. The van der Waals surface area contributed by atoms with E-state index in [1.807, 2.05) is 0 Å². The van der Waals surface area contributed by atoms with Gasteiger partial charge in [-0.25, -0.2) is 5.43 Å². The molecular weight excluding hydrogens is 290 g/mol. The van der Waals surface area contributed by atoms with Crippen molar-refractivity contribution in [1.82, 2.24) is 10.7 Å². The van der Waals surface area contributed by atoms with Crippen molar-refractivity contribution < 1.29 is 24.2 Å². The molecule has 1 aromatic rings. The summed E-state index contributed by atoms with van der Waals surface area (Å²) >= 11 is 0. The molecular formula is C14H19N3O5. The largest absolute Gasteiger partial charge is 0.504 e. The maximum atomic E-state index is 11.4. The molecule has 8 nitrogen and oxygen atoms in total. The van der Waals surface area contributed by atoms with Gasteiger partial charge in [0.25, 0.3) is 0 Å². The number of hydrazone groups is 1. The molecule has 0 saturated heterocycles. The van der Waals surface area contributed by atoms with Crippen molar-refractivity contribution in [2.24, 2.45) is 5.10 Å². The summed E-state index contributed by atoms with van der Waals surface area (Å²) in [5.74, 6) is -1.50. The number of aromatic hydroxyl groups is 1. The lowest BCUT2D eigenvalue weighted by molar-refractivity contribution is -0.139. The predicted molar refractivity (Wildman–Crippen MR) is 79.9 cm³/mol. The van der Waals surface area contributed by atoms with Crippen LogP contribution in [0.25, 0.3) is 0 Å². The van der Waals surface area contributed by atoms with Crippen LogP contribution in [-0.2, 0) is 14.3 Å². The molecule has 0 unspecified atom stereocenters. The van der Waals surface area contributed by atoms with Crippen LogP contribution in [0.15, 0.2) is 23.3 Å². The molecule has 3 N–H and O–H groups in total. The maximum absolute atomic E-state index is 11.4. The second kappa shape index (κ2) is 9.35.